The average Bonchev–Trinajstić information content (AvgIpc) is 3.02. The largest absolute Gasteiger partial charge is 0.387 e. The smallest absolute Gasteiger partial charge is 0.254 e. The van der Waals surface area contributed by atoms with Crippen LogP contribution >= 0.6 is 0 Å². The van der Waals surface area contributed by atoms with Gasteiger partial charge in [0.25, 0.3) is 5.91 Å². The Morgan fingerprint density at radius 3 is 2.64 bits per heavy atom. The summed E-state index contributed by atoms with van der Waals surface area (Å²) in [4.78, 5) is 16.4. The van der Waals surface area contributed by atoms with Gasteiger partial charge in [0.1, 0.15) is 0 Å². The third kappa shape index (κ3) is 3.59. The molecule has 0 spiro atoms. The Kier molecular flexibility index (Phi) is 4.90. The molecule has 2 heterocycles. The topological polar surface area (TPSA) is 80.0 Å². The molecule has 6 heteroatoms. The molecule has 25 heavy (non-hydrogen) atoms. The quantitative estimate of drug-likeness (QED) is 0.749. The Bertz CT molecular complexity index is 874. The number of hydrogen-bond donors (Lipinski definition) is 2. The lowest BCUT2D eigenvalue weighted by atomic mass is 10.0. The van der Waals surface area contributed by atoms with Crippen molar-refractivity contribution in [2.75, 3.05) is 6.54 Å². The highest BCUT2D eigenvalue weighted by Crippen LogP contribution is 2.17. The van der Waals surface area contributed by atoms with Crippen LogP contribution in [-0.4, -0.2) is 32.3 Å². The molecule has 0 fully saturated rings. The van der Waals surface area contributed by atoms with Crippen LogP contribution in [0.25, 0.3) is 5.69 Å². The van der Waals surface area contributed by atoms with Crippen molar-refractivity contribution in [3.05, 3.63) is 77.4 Å². The Morgan fingerprint density at radius 2 is 1.92 bits per heavy atom. The summed E-state index contributed by atoms with van der Waals surface area (Å²) in [5, 5.41) is 17.4. The van der Waals surface area contributed by atoms with Crippen LogP contribution in [0.15, 0.2) is 55.0 Å². The van der Waals surface area contributed by atoms with Crippen LogP contribution in [0.1, 0.15) is 33.3 Å². The SMILES string of the molecule is Cc1ccccc1C(O)CNC(=O)c1cnn(-c2ccncc2)c1C. The van der Waals surface area contributed by atoms with Gasteiger partial charge in [0, 0.05) is 18.9 Å². The summed E-state index contributed by atoms with van der Waals surface area (Å²) in [6.45, 7) is 3.91. The number of carbonyl (C=O) groups is 1. The first-order valence-corrected chi connectivity index (χ1v) is 8.04. The highest BCUT2D eigenvalue weighted by Gasteiger charge is 2.17. The molecule has 6 nitrogen and oxygen atoms in total. The van der Waals surface area contributed by atoms with Crippen LogP contribution in [0.3, 0.4) is 0 Å². The predicted octanol–water partition coefficient (Wildman–Crippen LogP) is 2.35. The van der Waals surface area contributed by atoms with Crippen LogP contribution < -0.4 is 5.32 Å². The van der Waals surface area contributed by atoms with Gasteiger partial charge in [-0.15, -0.1) is 0 Å². The highest BCUT2D eigenvalue weighted by atomic mass is 16.3. The van der Waals surface area contributed by atoms with Crippen molar-refractivity contribution in [3.63, 3.8) is 0 Å². The van der Waals surface area contributed by atoms with Crippen LogP contribution in [-0.2, 0) is 0 Å². The van der Waals surface area contributed by atoms with Gasteiger partial charge in [-0.1, -0.05) is 24.3 Å². The van der Waals surface area contributed by atoms with Crippen molar-refractivity contribution in [1.82, 2.24) is 20.1 Å². The number of hydrogen-bond acceptors (Lipinski definition) is 4. The summed E-state index contributed by atoms with van der Waals surface area (Å²) in [6.07, 6.45) is 4.13. The van der Waals surface area contributed by atoms with Crippen molar-refractivity contribution in [2.45, 2.75) is 20.0 Å². The van der Waals surface area contributed by atoms with Gasteiger partial charge >= 0.3 is 0 Å². The molecule has 1 unspecified atom stereocenters. The lowest BCUT2D eigenvalue weighted by molar-refractivity contribution is 0.0915. The minimum atomic E-state index is -0.749. The number of aryl methyl sites for hydroxylation is 1. The van der Waals surface area contributed by atoms with E-state index in [1.807, 2.05) is 50.2 Å². The molecule has 1 aromatic carbocycles. The Labute approximate surface area is 146 Å². The van der Waals surface area contributed by atoms with E-state index in [-0.39, 0.29) is 12.5 Å². The number of aliphatic hydroxyl groups excluding tert-OH is 1. The molecule has 0 bridgehead atoms. The lowest BCUT2D eigenvalue weighted by Crippen LogP contribution is -2.29. The monoisotopic (exact) mass is 336 g/mol. The number of benzene rings is 1. The van der Waals surface area contributed by atoms with Crippen LogP contribution in [0.4, 0.5) is 0 Å². The van der Waals surface area contributed by atoms with Gasteiger partial charge in [-0.25, -0.2) is 4.68 Å². The molecule has 0 aliphatic carbocycles. The molecule has 0 radical (unpaired) electrons. The van der Waals surface area contributed by atoms with E-state index in [4.69, 9.17) is 0 Å². The third-order valence-electron chi connectivity index (χ3n) is 4.17. The van der Waals surface area contributed by atoms with Crippen molar-refractivity contribution in [2.24, 2.45) is 0 Å². The first-order valence-electron chi connectivity index (χ1n) is 8.04. The van der Waals surface area contributed by atoms with Gasteiger partial charge in [-0.2, -0.15) is 5.10 Å². The second kappa shape index (κ2) is 7.27. The van der Waals surface area contributed by atoms with Crippen molar-refractivity contribution >= 4 is 5.91 Å². The van der Waals surface area contributed by atoms with E-state index in [0.29, 0.717) is 5.56 Å². The van der Waals surface area contributed by atoms with E-state index in [1.54, 1.807) is 17.1 Å². The zero-order chi connectivity index (χ0) is 17.8. The fourth-order valence-electron chi connectivity index (χ4n) is 2.73. The average molecular weight is 336 g/mol. The molecular formula is C19H20N4O2. The fraction of sp³-hybridized carbons (Fsp3) is 0.211. The van der Waals surface area contributed by atoms with Gasteiger partial charge in [-0.3, -0.25) is 9.78 Å². The first kappa shape index (κ1) is 16.9. The van der Waals surface area contributed by atoms with E-state index in [2.05, 4.69) is 15.4 Å². The normalized spacial score (nSPS) is 12.0. The number of pyridine rings is 1. The summed E-state index contributed by atoms with van der Waals surface area (Å²) in [5.74, 6) is -0.259. The highest BCUT2D eigenvalue weighted by molar-refractivity contribution is 5.95. The first-order chi connectivity index (χ1) is 12.1. The molecule has 2 aromatic heterocycles. The van der Waals surface area contributed by atoms with Crippen molar-refractivity contribution in [3.8, 4) is 5.69 Å². The second-order valence-electron chi connectivity index (χ2n) is 5.84. The minimum Gasteiger partial charge on any atom is -0.387 e. The molecule has 0 saturated carbocycles. The van der Waals surface area contributed by atoms with E-state index < -0.39 is 6.10 Å². The molecule has 0 aliphatic heterocycles. The maximum Gasteiger partial charge on any atom is 0.254 e. The molecule has 128 valence electrons. The predicted molar refractivity (Wildman–Crippen MR) is 94.6 cm³/mol. The Morgan fingerprint density at radius 1 is 1.20 bits per heavy atom. The van der Waals surface area contributed by atoms with Crippen molar-refractivity contribution in [1.29, 1.82) is 0 Å². The number of nitrogens with one attached hydrogen (secondary N) is 1. The Hall–Kier alpha value is -2.99. The van der Waals surface area contributed by atoms with Gasteiger partial charge < -0.3 is 10.4 Å². The molecule has 3 aromatic rings. The lowest BCUT2D eigenvalue weighted by Gasteiger charge is -2.14. The summed E-state index contributed by atoms with van der Waals surface area (Å²) in [6, 6.07) is 11.2. The summed E-state index contributed by atoms with van der Waals surface area (Å²) >= 11 is 0. The number of rotatable bonds is 5. The van der Waals surface area contributed by atoms with Gasteiger partial charge in [0.05, 0.1) is 29.2 Å². The van der Waals surface area contributed by atoms with E-state index in [0.717, 1.165) is 22.5 Å². The zero-order valence-corrected chi connectivity index (χ0v) is 14.2. The maximum absolute atomic E-state index is 12.4. The van der Waals surface area contributed by atoms with E-state index >= 15 is 0 Å². The van der Waals surface area contributed by atoms with E-state index in [9.17, 15) is 9.90 Å². The zero-order valence-electron chi connectivity index (χ0n) is 14.2. The van der Waals surface area contributed by atoms with E-state index in [1.165, 1.54) is 6.20 Å². The van der Waals surface area contributed by atoms with Crippen LogP contribution in [0.2, 0.25) is 0 Å². The standard InChI is InChI=1S/C19H20N4O2/c1-13-5-3-4-6-16(13)18(24)12-21-19(25)17-11-22-23(14(17)2)15-7-9-20-10-8-15/h3-11,18,24H,12H2,1-2H3,(H,21,25). The van der Waals surface area contributed by atoms with Gasteiger partial charge in [0.15, 0.2) is 0 Å². The number of aromatic nitrogens is 3. The second-order valence-corrected chi connectivity index (χ2v) is 5.84. The van der Waals surface area contributed by atoms with Crippen molar-refractivity contribution < 1.29 is 9.90 Å². The molecule has 1 atom stereocenters. The number of carbonyl (C=O) groups excluding carboxylic acids is 1. The Balaban J connectivity index is 1.70. The summed E-state index contributed by atoms with van der Waals surface area (Å²) in [7, 11) is 0. The number of aliphatic hydroxyl groups is 1. The number of nitrogens with zero attached hydrogens (tertiary/aromatic N) is 3. The maximum atomic E-state index is 12.4. The molecule has 0 aliphatic rings. The van der Waals surface area contributed by atoms with Crippen LogP contribution in [0.5, 0.6) is 0 Å². The molecule has 1 amide bonds. The molecule has 3 rings (SSSR count). The summed E-state index contributed by atoms with van der Waals surface area (Å²) in [5.41, 5.74) is 3.85. The molecule has 0 saturated heterocycles. The molecule has 2 N–H and O–H groups in total. The summed E-state index contributed by atoms with van der Waals surface area (Å²) < 4.78 is 1.69. The number of amides is 1. The van der Waals surface area contributed by atoms with Crippen LogP contribution in [0, 0.1) is 13.8 Å². The third-order valence-corrected chi connectivity index (χ3v) is 4.17. The molecular weight excluding hydrogens is 316 g/mol. The van der Waals surface area contributed by atoms with Gasteiger partial charge in [-0.05, 0) is 37.1 Å². The fourth-order valence-corrected chi connectivity index (χ4v) is 2.73. The minimum absolute atomic E-state index is 0.142. The van der Waals surface area contributed by atoms with Gasteiger partial charge in [0.2, 0.25) is 0 Å².